The van der Waals surface area contributed by atoms with Crippen LogP contribution in [-0.2, 0) is 9.53 Å². The van der Waals surface area contributed by atoms with Gasteiger partial charge in [-0.25, -0.2) is 9.78 Å². The number of piperidine rings is 1. The van der Waals surface area contributed by atoms with Crippen molar-refractivity contribution in [1.29, 1.82) is 0 Å². The molecule has 0 aromatic carbocycles. The average Bonchev–Trinajstić information content (AvgIpc) is 2.61. The maximum absolute atomic E-state index is 12.6. The second-order valence-corrected chi connectivity index (χ2v) is 8.14. The first-order valence-corrected chi connectivity index (χ1v) is 9.47. The molecule has 27 heavy (non-hydrogen) atoms. The topological polar surface area (TPSA) is 92.0 Å². The second kappa shape index (κ2) is 7.72. The number of anilines is 2. The van der Waals surface area contributed by atoms with Gasteiger partial charge in [-0.15, -0.1) is 0 Å². The zero-order valence-electron chi connectivity index (χ0n) is 16.4. The van der Waals surface area contributed by atoms with Crippen molar-refractivity contribution in [2.45, 2.75) is 45.3 Å². The molecule has 3 rings (SSSR count). The van der Waals surface area contributed by atoms with Gasteiger partial charge in [0.25, 0.3) is 0 Å². The van der Waals surface area contributed by atoms with Crippen molar-refractivity contribution >= 4 is 23.5 Å². The van der Waals surface area contributed by atoms with Crippen LogP contribution in [0.2, 0.25) is 0 Å². The van der Waals surface area contributed by atoms with E-state index >= 15 is 0 Å². The van der Waals surface area contributed by atoms with Gasteiger partial charge in [0.2, 0.25) is 5.91 Å². The van der Waals surface area contributed by atoms with Crippen molar-refractivity contribution < 1.29 is 14.3 Å². The summed E-state index contributed by atoms with van der Waals surface area (Å²) >= 11 is 0. The number of pyridine rings is 1. The molecular formula is C19H29N5O3. The molecule has 1 aromatic rings. The predicted molar refractivity (Wildman–Crippen MR) is 103 cm³/mol. The van der Waals surface area contributed by atoms with Crippen LogP contribution in [0.15, 0.2) is 18.3 Å². The van der Waals surface area contributed by atoms with E-state index in [2.05, 4.69) is 9.88 Å². The molecule has 2 saturated heterocycles. The number of ether oxygens (including phenoxy) is 1. The van der Waals surface area contributed by atoms with E-state index in [0.29, 0.717) is 31.9 Å². The van der Waals surface area contributed by atoms with Gasteiger partial charge in [-0.05, 0) is 39.3 Å². The fourth-order valence-corrected chi connectivity index (χ4v) is 3.55. The molecule has 0 saturated carbocycles. The van der Waals surface area contributed by atoms with Crippen LogP contribution in [0.25, 0.3) is 0 Å². The van der Waals surface area contributed by atoms with Gasteiger partial charge in [-0.2, -0.15) is 0 Å². The minimum Gasteiger partial charge on any atom is -0.444 e. The van der Waals surface area contributed by atoms with E-state index in [1.807, 2.05) is 26.8 Å². The van der Waals surface area contributed by atoms with Gasteiger partial charge in [0.05, 0.1) is 11.9 Å². The zero-order valence-corrected chi connectivity index (χ0v) is 16.4. The largest absolute Gasteiger partial charge is 0.444 e. The Morgan fingerprint density at radius 1 is 1.19 bits per heavy atom. The summed E-state index contributed by atoms with van der Waals surface area (Å²) in [6.07, 6.45) is 2.77. The normalized spacial score (nSPS) is 22.0. The quantitative estimate of drug-likeness (QED) is 0.846. The molecule has 1 unspecified atom stereocenters. The minimum atomic E-state index is -0.482. The SMILES string of the molecule is CC(C)(C)OC(=O)N1CCN(C2CCN(c3ccc(N)nc3)C(=O)C2)CC1. The van der Waals surface area contributed by atoms with E-state index in [9.17, 15) is 9.59 Å². The summed E-state index contributed by atoms with van der Waals surface area (Å²) in [6, 6.07) is 3.77. The van der Waals surface area contributed by atoms with E-state index in [4.69, 9.17) is 10.5 Å². The number of nitrogens with two attached hydrogens (primary N) is 1. The Balaban J connectivity index is 1.51. The number of hydrogen-bond donors (Lipinski definition) is 1. The Morgan fingerprint density at radius 2 is 1.89 bits per heavy atom. The summed E-state index contributed by atoms with van der Waals surface area (Å²) in [5.41, 5.74) is 5.93. The summed E-state index contributed by atoms with van der Waals surface area (Å²) in [5, 5.41) is 0. The number of piperazine rings is 1. The van der Waals surface area contributed by atoms with Crippen LogP contribution in [0.3, 0.4) is 0 Å². The van der Waals surface area contributed by atoms with Gasteiger partial charge in [0.1, 0.15) is 11.4 Å². The summed E-state index contributed by atoms with van der Waals surface area (Å²) < 4.78 is 5.44. The van der Waals surface area contributed by atoms with Crippen LogP contribution in [0.4, 0.5) is 16.3 Å². The van der Waals surface area contributed by atoms with Crippen LogP contribution >= 0.6 is 0 Å². The van der Waals surface area contributed by atoms with Gasteiger partial charge in [-0.1, -0.05) is 0 Å². The van der Waals surface area contributed by atoms with E-state index < -0.39 is 5.60 Å². The average molecular weight is 375 g/mol. The highest BCUT2D eigenvalue weighted by molar-refractivity contribution is 5.94. The summed E-state index contributed by atoms with van der Waals surface area (Å²) in [5.74, 6) is 0.552. The lowest BCUT2D eigenvalue weighted by Gasteiger charge is -2.42. The Hall–Kier alpha value is -2.35. The fourth-order valence-electron chi connectivity index (χ4n) is 3.55. The van der Waals surface area contributed by atoms with Crippen molar-refractivity contribution in [2.75, 3.05) is 43.4 Å². The smallest absolute Gasteiger partial charge is 0.410 e. The lowest BCUT2D eigenvalue weighted by atomic mass is 10.0. The molecule has 2 fully saturated rings. The summed E-state index contributed by atoms with van der Waals surface area (Å²) in [6.45, 7) is 9.07. The van der Waals surface area contributed by atoms with Gasteiger partial charge < -0.3 is 20.3 Å². The monoisotopic (exact) mass is 375 g/mol. The number of carbonyl (C=O) groups is 2. The molecule has 0 bridgehead atoms. The Labute approximate surface area is 160 Å². The lowest BCUT2D eigenvalue weighted by molar-refractivity contribution is -0.121. The number of hydrogen-bond acceptors (Lipinski definition) is 6. The number of rotatable bonds is 2. The fraction of sp³-hybridized carbons (Fsp3) is 0.632. The van der Waals surface area contributed by atoms with Crippen LogP contribution in [-0.4, -0.2) is 71.2 Å². The number of aromatic nitrogens is 1. The molecule has 1 aromatic heterocycles. The van der Waals surface area contributed by atoms with E-state index in [-0.39, 0.29) is 18.0 Å². The van der Waals surface area contributed by atoms with Crippen LogP contribution < -0.4 is 10.6 Å². The molecule has 2 N–H and O–H groups in total. The third kappa shape index (κ3) is 4.88. The standard InChI is InChI=1S/C19H29N5O3/c1-19(2,3)27-18(26)23-10-8-22(9-11-23)14-6-7-24(17(25)12-14)15-4-5-16(20)21-13-15/h4-5,13-14H,6-12H2,1-3H3,(H2,20,21). The van der Waals surface area contributed by atoms with Crippen LogP contribution in [0.5, 0.6) is 0 Å². The maximum atomic E-state index is 12.6. The first-order chi connectivity index (χ1) is 12.7. The molecule has 8 heteroatoms. The minimum absolute atomic E-state index is 0.104. The second-order valence-electron chi connectivity index (χ2n) is 8.14. The summed E-state index contributed by atoms with van der Waals surface area (Å²) in [4.78, 5) is 34.7. The lowest BCUT2D eigenvalue weighted by Crippen LogP contribution is -2.55. The van der Waals surface area contributed by atoms with Crippen LogP contribution in [0, 0.1) is 0 Å². The highest BCUT2D eigenvalue weighted by Crippen LogP contribution is 2.24. The molecule has 1 atom stereocenters. The molecular weight excluding hydrogens is 346 g/mol. The molecule has 148 valence electrons. The molecule has 3 heterocycles. The highest BCUT2D eigenvalue weighted by atomic mass is 16.6. The van der Waals surface area contributed by atoms with Gasteiger partial charge in [0, 0.05) is 45.2 Å². The number of nitrogen functional groups attached to an aromatic ring is 1. The highest BCUT2D eigenvalue weighted by Gasteiger charge is 2.33. The third-order valence-corrected chi connectivity index (χ3v) is 4.96. The van der Waals surface area contributed by atoms with Gasteiger partial charge in [-0.3, -0.25) is 9.69 Å². The number of carbonyl (C=O) groups excluding carboxylic acids is 2. The van der Waals surface area contributed by atoms with Crippen molar-refractivity contribution in [3.63, 3.8) is 0 Å². The molecule has 0 radical (unpaired) electrons. The molecule has 2 aliphatic heterocycles. The first kappa shape index (κ1) is 19.4. The first-order valence-electron chi connectivity index (χ1n) is 9.47. The van der Waals surface area contributed by atoms with E-state index in [0.717, 1.165) is 25.2 Å². The molecule has 0 aliphatic carbocycles. The van der Waals surface area contributed by atoms with Crippen molar-refractivity contribution in [3.8, 4) is 0 Å². The van der Waals surface area contributed by atoms with E-state index in [1.165, 1.54) is 0 Å². The predicted octanol–water partition coefficient (Wildman–Crippen LogP) is 1.71. The third-order valence-electron chi connectivity index (χ3n) is 4.96. The summed E-state index contributed by atoms with van der Waals surface area (Å²) in [7, 11) is 0. The molecule has 8 nitrogen and oxygen atoms in total. The van der Waals surface area contributed by atoms with Crippen molar-refractivity contribution in [3.05, 3.63) is 18.3 Å². The Bertz CT molecular complexity index is 678. The van der Waals surface area contributed by atoms with Crippen LogP contribution in [0.1, 0.15) is 33.6 Å². The van der Waals surface area contributed by atoms with Gasteiger partial charge >= 0.3 is 6.09 Å². The van der Waals surface area contributed by atoms with Gasteiger partial charge in [0.15, 0.2) is 0 Å². The van der Waals surface area contributed by atoms with E-state index in [1.54, 1.807) is 22.1 Å². The molecule has 2 amide bonds. The van der Waals surface area contributed by atoms with Crippen molar-refractivity contribution in [1.82, 2.24) is 14.8 Å². The number of amides is 2. The molecule has 2 aliphatic rings. The Kier molecular flexibility index (Phi) is 5.55. The molecule has 0 spiro atoms. The van der Waals surface area contributed by atoms with Crippen molar-refractivity contribution in [2.24, 2.45) is 0 Å². The maximum Gasteiger partial charge on any atom is 0.410 e. The Morgan fingerprint density at radius 3 is 2.44 bits per heavy atom. The number of nitrogens with zero attached hydrogens (tertiary/aromatic N) is 4. The zero-order chi connectivity index (χ0) is 19.6.